The lowest BCUT2D eigenvalue weighted by Gasteiger charge is -2.26. The van der Waals surface area contributed by atoms with Gasteiger partial charge in [-0.2, -0.15) is 5.10 Å². The zero-order valence-corrected chi connectivity index (χ0v) is 22.7. The Morgan fingerprint density at radius 3 is 2.51 bits per heavy atom. The van der Waals surface area contributed by atoms with Gasteiger partial charge in [-0.1, -0.05) is 24.5 Å². The fraction of sp³-hybridized carbons (Fsp3) is 0.500. The van der Waals surface area contributed by atoms with Crippen LogP contribution in [-0.2, 0) is 40.4 Å². The number of halogens is 1. The normalized spacial score (nSPS) is 13.9. The van der Waals surface area contributed by atoms with E-state index in [1.807, 2.05) is 17.8 Å². The molecule has 1 aliphatic heterocycles. The maximum atomic E-state index is 13.3. The minimum Gasteiger partial charge on any atom is -0.381 e. The van der Waals surface area contributed by atoms with Gasteiger partial charge in [-0.15, -0.1) is 0 Å². The fourth-order valence-corrected chi connectivity index (χ4v) is 4.78. The molecule has 39 heavy (non-hydrogen) atoms. The Morgan fingerprint density at radius 1 is 1.13 bits per heavy atom. The minimum absolute atomic E-state index is 0.0457. The first-order valence-corrected chi connectivity index (χ1v) is 13.7. The molecule has 0 aliphatic carbocycles. The molecule has 0 saturated carbocycles. The Hall–Kier alpha value is -3.47. The Kier molecular flexibility index (Phi) is 9.92. The number of hydrogen-bond donors (Lipinski definition) is 3. The molecule has 3 aromatic rings. The van der Waals surface area contributed by atoms with E-state index in [9.17, 15) is 14.0 Å². The Morgan fingerprint density at radius 2 is 1.85 bits per heavy atom. The van der Waals surface area contributed by atoms with Crippen molar-refractivity contribution >= 4 is 41.8 Å². The van der Waals surface area contributed by atoms with Crippen molar-refractivity contribution in [2.75, 3.05) is 18.5 Å². The number of ether oxygens (including phenoxy) is 1. The average molecular weight is 534 g/mol. The molecule has 0 atom stereocenters. The van der Waals surface area contributed by atoms with Crippen LogP contribution in [0.25, 0.3) is 11.0 Å². The van der Waals surface area contributed by atoms with Gasteiger partial charge in [0.1, 0.15) is 13.7 Å². The number of amides is 2. The third kappa shape index (κ3) is 7.35. The van der Waals surface area contributed by atoms with Crippen LogP contribution >= 0.6 is 0 Å². The molecule has 206 valence electrons. The lowest BCUT2D eigenvalue weighted by Crippen LogP contribution is -2.30. The van der Waals surface area contributed by atoms with Crippen LogP contribution in [0.15, 0.2) is 24.4 Å². The molecule has 2 aromatic heterocycles. The highest BCUT2D eigenvalue weighted by molar-refractivity contribution is 6.32. The zero-order chi connectivity index (χ0) is 27.8. The molecule has 1 fully saturated rings. The summed E-state index contributed by atoms with van der Waals surface area (Å²) in [6.07, 6.45) is 5.24. The van der Waals surface area contributed by atoms with Crippen molar-refractivity contribution in [2.45, 2.75) is 78.0 Å². The molecule has 2 amide bonds. The van der Waals surface area contributed by atoms with Crippen LogP contribution in [-0.4, -0.2) is 53.7 Å². The zero-order valence-electron chi connectivity index (χ0n) is 22.7. The van der Waals surface area contributed by atoms with Crippen molar-refractivity contribution in [2.24, 2.45) is 0 Å². The van der Waals surface area contributed by atoms with Crippen LogP contribution in [0.4, 0.5) is 10.1 Å². The largest absolute Gasteiger partial charge is 0.381 e. The lowest BCUT2D eigenvalue weighted by atomic mass is 9.93. The predicted molar refractivity (Wildman–Crippen MR) is 149 cm³/mol. The first-order valence-electron chi connectivity index (χ1n) is 13.7. The standard InChI is InChI=1S/C28H36BFN6O3/c1-3-24-20(27(34-19-10-12-39-13-11-19)21-17-33-36(4-2)28(21)35-24)16-32-26(38)7-5-6-25(37)31-15-18-8-9-23(30)22(29)14-18/h8-9,14,17,19H,3-7,10-13,15-16H2,1-2H3,(H,31,37)(H,32,38)(H,34,35). The summed E-state index contributed by atoms with van der Waals surface area (Å²) in [5.74, 6) is -0.789. The highest BCUT2D eigenvalue weighted by Gasteiger charge is 2.22. The van der Waals surface area contributed by atoms with Crippen LogP contribution in [0.1, 0.15) is 62.8 Å². The predicted octanol–water partition coefficient (Wildman–Crippen LogP) is 2.64. The van der Waals surface area contributed by atoms with E-state index in [2.05, 4.69) is 28.0 Å². The number of carbonyl (C=O) groups excluding carboxylic acids is 2. The van der Waals surface area contributed by atoms with Crippen LogP contribution in [0.2, 0.25) is 0 Å². The molecular weight excluding hydrogens is 498 g/mol. The van der Waals surface area contributed by atoms with Gasteiger partial charge in [0.15, 0.2) is 5.65 Å². The molecular formula is C28H36BFN6O3. The molecule has 1 aromatic carbocycles. The monoisotopic (exact) mass is 534 g/mol. The van der Waals surface area contributed by atoms with Gasteiger partial charge in [0, 0.05) is 63.0 Å². The average Bonchev–Trinajstić information content (AvgIpc) is 3.36. The van der Waals surface area contributed by atoms with E-state index < -0.39 is 5.82 Å². The minimum atomic E-state index is -0.486. The number of benzene rings is 1. The second-order valence-electron chi connectivity index (χ2n) is 9.76. The van der Waals surface area contributed by atoms with E-state index in [-0.39, 0.29) is 42.7 Å². The van der Waals surface area contributed by atoms with Gasteiger partial charge in [-0.25, -0.2) is 14.1 Å². The number of aromatic nitrogens is 3. The maximum Gasteiger partial charge on any atom is 0.220 e. The van der Waals surface area contributed by atoms with Crippen LogP contribution in [0.5, 0.6) is 0 Å². The number of rotatable bonds is 12. The van der Waals surface area contributed by atoms with Gasteiger partial charge in [0.25, 0.3) is 0 Å². The van der Waals surface area contributed by atoms with Crippen LogP contribution in [0, 0.1) is 5.82 Å². The summed E-state index contributed by atoms with van der Waals surface area (Å²) in [6, 6.07) is 4.63. The van der Waals surface area contributed by atoms with Crippen molar-refractivity contribution in [3.63, 3.8) is 0 Å². The van der Waals surface area contributed by atoms with Crippen molar-refractivity contribution in [1.29, 1.82) is 0 Å². The lowest BCUT2D eigenvalue weighted by molar-refractivity contribution is -0.122. The fourth-order valence-electron chi connectivity index (χ4n) is 4.78. The Bertz CT molecular complexity index is 1310. The number of hydrogen-bond acceptors (Lipinski definition) is 6. The first kappa shape index (κ1) is 28.5. The van der Waals surface area contributed by atoms with Gasteiger partial charge in [-0.05, 0) is 44.2 Å². The number of nitrogens with one attached hydrogen (secondary N) is 3. The SMILES string of the molecule is [B]c1cc(CNC(=O)CCCC(=O)NCc2c(CC)nc3c(cnn3CC)c2NC2CCOCC2)ccc1F. The van der Waals surface area contributed by atoms with E-state index >= 15 is 0 Å². The van der Waals surface area contributed by atoms with Crippen molar-refractivity contribution < 1.29 is 18.7 Å². The van der Waals surface area contributed by atoms with Gasteiger partial charge < -0.3 is 20.7 Å². The molecule has 0 unspecified atom stereocenters. The molecule has 1 saturated heterocycles. The van der Waals surface area contributed by atoms with E-state index in [1.54, 1.807) is 6.07 Å². The van der Waals surface area contributed by atoms with Gasteiger partial charge in [0.05, 0.1) is 17.3 Å². The molecule has 9 nitrogen and oxygen atoms in total. The summed E-state index contributed by atoms with van der Waals surface area (Å²) in [6.45, 7) is 6.85. The highest BCUT2D eigenvalue weighted by atomic mass is 19.1. The summed E-state index contributed by atoms with van der Waals surface area (Å²) < 4.78 is 20.7. The summed E-state index contributed by atoms with van der Waals surface area (Å²) >= 11 is 0. The van der Waals surface area contributed by atoms with Crippen LogP contribution < -0.4 is 21.4 Å². The number of aryl methyl sites for hydroxylation is 2. The number of anilines is 1. The maximum absolute atomic E-state index is 13.3. The molecule has 0 bridgehead atoms. The quantitative estimate of drug-likeness (QED) is 0.309. The number of nitrogens with zero attached hydrogens (tertiary/aromatic N) is 3. The van der Waals surface area contributed by atoms with Gasteiger partial charge >= 0.3 is 0 Å². The Balaban J connectivity index is 1.35. The smallest absolute Gasteiger partial charge is 0.220 e. The van der Waals surface area contributed by atoms with Gasteiger partial charge in [0.2, 0.25) is 11.8 Å². The number of fused-ring (bicyclic) bond motifs is 1. The van der Waals surface area contributed by atoms with E-state index in [0.29, 0.717) is 18.5 Å². The third-order valence-electron chi connectivity index (χ3n) is 7.00. The molecule has 1 aliphatic rings. The molecule has 11 heteroatoms. The van der Waals surface area contributed by atoms with E-state index in [1.165, 1.54) is 12.1 Å². The molecule has 3 N–H and O–H groups in total. The first-order chi connectivity index (χ1) is 18.9. The summed E-state index contributed by atoms with van der Waals surface area (Å²) in [5.41, 5.74) is 4.47. The van der Waals surface area contributed by atoms with Crippen molar-refractivity contribution in [3.8, 4) is 0 Å². The van der Waals surface area contributed by atoms with Crippen molar-refractivity contribution in [3.05, 3.63) is 47.0 Å². The van der Waals surface area contributed by atoms with Crippen LogP contribution in [0.3, 0.4) is 0 Å². The molecule has 3 heterocycles. The second-order valence-corrected chi connectivity index (χ2v) is 9.76. The topological polar surface area (TPSA) is 110 Å². The molecule has 0 spiro atoms. The third-order valence-corrected chi connectivity index (χ3v) is 7.00. The highest BCUT2D eigenvalue weighted by Crippen LogP contribution is 2.31. The second kappa shape index (κ2) is 13.6. The number of carbonyl (C=O) groups is 2. The molecule has 2 radical (unpaired) electrons. The summed E-state index contributed by atoms with van der Waals surface area (Å²) in [4.78, 5) is 29.8. The van der Waals surface area contributed by atoms with E-state index in [0.717, 1.165) is 67.0 Å². The van der Waals surface area contributed by atoms with Gasteiger partial charge in [-0.3, -0.25) is 9.59 Å². The van der Waals surface area contributed by atoms with E-state index in [4.69, 9.17) is 17.6 Å². The van der Waals surface area contributed by atoms with Crippen molar-refractivity contribution in [1.82, 2.24) is 25.4 Å². The summed E-state index contributed by atoms with van der Waals surface area (Å²) in [5, 5.41) is 15.0. The molecule has 4 rings (SSSR count). The Labute approximate surface area is 229 Å². The number of pyridine rings is 1. The summed E-state index contributed by atoms with van der Waals surface area (Å²) in [7, 11) is 5.57.